The molecule has 0 N–H and O–H groups in total. The van der Waals surface area contributed by atoms with E-state index in [4.69, 9.17) is 37.6 Å². The number of carbonyl (C=O) groups excluding carboxylic acids is 5. The number of hydrogen-bond donors (Lipinski definition) is 0. The lowest BCUT2D eigenvalue weighted by atomic mass is 9.98. The maximum absolute atomic E-state index is 14.3. The Morgan fingerprint density at radius 2 is 1.44 bits per heavy atom. The molecule has 90 heavy (non-hydrogen) atoms. The number of ketones is 1. The van der Waals surface area contributed by atoms with E-state index in [-0.39, 0.29) is 81.2 Å². The van der Waals surface area contributed by atoms with Crippen molar-refractivity contribution in [1.82, 2.24) is 4.90 Å². The van der Waals surface area contributed by atoms with E-state index in [1.165, 1.54) is 28.1 Å². The van der Waals surface area contributed by atoms with Crippen LogP contribution in [0.25, 0.3) is 0 Å². The fourth-order valence-corrected chi connectivity index (χ4v) is 16.8. The zero-order chi connectivity index (χ0) is 63.7. The average molecular weight is 1310 g/mol. The third kappa shape index (κ3) is 15.4. The number of likely N-dealkylation sites (tertiary alicyclic amines) is 1. The normalized spacial score (nSPS) is 17.9. The first kappa shape index (κ1) is 66.5. The number of aryl methyl sites for hydroxylation is 2. The quantitative estimate of drug-likeness (QED) is 0.0170. The van der Waals surface area contributed by atoms with Crippen molar-refractivity contribution in [2.45, 2.75) is 113 Å². The summed E-state index contributed by atoms with van der Waals surface area (Å²) in [5, 5.41) is -1.88. The molecule has 0 saturated carbocycles. The van der Waals surface area contributed by atoms with E-state index in [9.17, 15) is 32.4 Å². The molecule has 0 bridgehead atoms. The highest BCUT2D eigenvalue weighted by Crippen LogP contribution is 2.44. The third-order valence-electron chi connectivity index (χ3n) is 16.8. The van der Waals surface area contributed by atoms with Gasteiger partial charge < -0.3 is 38.2 Å². The molecule has 0 radical (unpaired) electrons. The van der Waals surface area contributed by atoms with Crippen molar-refractivity contribution >= 4 is 102 Å². The summed E-state index contributed by atoms with van der Waals surface area (Å²) in [4.78, 5) is 79.5. The SMILES string of the molecule is COCCOCCOCCN(CC(C)(C)SSCCC(C(=O)CCCN1C(=O)CC(SC)C1=O)S(=O)(=O)OC)c1cc(COc2cc3c(cc2C)C(=O)N2c4ccccc4C[C@H]2CC3)cc(COc2cc3c(cc2OC)C(=O)N2c4ccccc4C[C@H]2C=N3)c1. The number of ether oxygens (including phenoxy) is 6. The Hall–Kier alpha value is -6.44. The summed E-state index contributed by atoms with van der Waals surface area (Å²) in [7, 11) is 2.98. The molecule has 1 fully saturated rings. The summed E-state index contributed by atoms with van der Waals surface area (Å²) >= 11 is 1.31. The molecule has 480 valence electrons. The summed E-state index contributed by atoms with van der Waals surface area (Å²) in [5.41, 5.74) is 9.96. The molecule has 2 unspecified atom stereocenters. The maximum Gasteiger partial charge on any atom is 0.277 e. The highest BCUT2D eigenvalue weighted by molar-refractivity contribution is 8.77. The van der Waals surface area contributed by atoms with Crippen LogP contribution in [0.2, 0.25) is 0 Å². The van der Waals surface area contributed by atoms with Gasteiger partial charge in [-0.2, -0.15) is 20.2 Å². The minimum absolute atomic E-state index is 0.00432. The summed E-state index contributed by atoms with van der Waals surface area (Å²) in [5.74, 6) is 0.466. The van der Waals surface area contributed by atoms with E-state index in [0.717, 1.165) is 76.2 Å². The fourth-order valence-electron chi connectivity index (χ4n) is 12.3. The Morgan fingerprint density at radius 1 is 0.767 bits per heavy atom. The van der Waals surface area contributed by atoms with Crippen molar-refractivity contribution < 1.29 is 65.0 Å². The number of benzene rings is 5. The number of amides is 4. The number of aliphatic imine (C=N–C) groups is 1. The van der Waals surface area contributed by atoms with E-state index in [0.29, 0.717) is 92.4 Å². The second-order valence-electron chi connectivity index (χ2n) is 23.6. The number of para-hydroxylation sites is 2. The molecule has 5 aromatic carbocycles. The summed E-state index contributed by atoms with van der Waals surface area (Å²) in [6.07, 6.45) is 6.73. The predicted octanol–water partition coefficient (Wildman–Crippen LogP) is 10.2. The molecular weight excluding hydrogens is 1230 g/mol. The van der Waals surface area contributed by atoms with Crippen LogP contribution in [0.15, 0.2) is 96.0 Å². The smallest absolute Gasteiger partial charge is 0.277 e. The molecule has 0 spiro atoms. The van der Waals surface area contributed by atoms with Crippen molar-refractivity contribution in [3.63, 3.8) is 0 Å². The monoisotopic (exact) mass is 1310 g/mol. The number of thioether (sulfide) groups is 1. The lowest BCUT2D eigenvalue weighted by Gasteiger charge is -2.34. The van der Waals surface area contributed by atoms with Gasteiger partial charge in [-0.3, -0.25) is 42.9 Å². The lowest BCUT2D eigenvalue weighted by Crippen LogP contribution is -2.38. The molecule has 0 aliphatic carbocycles. The first-order valence-corrected chi connectivity index (χ1v) is 35.5. The van der Waals surface area contributed by atoms with Gasteiger partial charge in [0.1, 0.15) is 24.2 Å². The molecular formula is C67H79N5O14S4. The zero-order valence-electron chi connectivity index (χ0n) is 52.1. The molecule has 4 atom stereocenters. The van der Waals surface area contributed by atoms with Gasteiger partial charge in [-0.1, -0.05) is 58.0 Å². The number of carbonyl (C=O) groups is 5. The van der Waals surface area contributed by atoms with E-state index < -0.39 is 31.1 Å². The molecule has 19 nitrogen and oxygen atoms in total. The standard InChI is InChI=1S/C67H79N5O14S4/c1-43-29-52-46(18-19-49-33-47-13-8-10-15-55(47)71(49)64(52)75)35-58(43)85-40-44-30-45(41-86-60-37-54-53(36-59(60)81-5)65(76)72-51(39-68-54)34-48-14-9-11-16-56(48)72)32-50(31-44)69(22-23-83-26-27-84-25-24-80-4)42-67(2,3)89-88-28-20-62(90(78,79)82-6)57(73)17-12-21-70-63(74)38-61(87-7)66(70)77/h8-11,13-16,29-32,35-37,39,49,51,61-62H,12,17-28,33-34,38,40-42H2,1-7H3/t49-,51+,61?,62?/m1/s1. The van der Waals surface area contributed by atoms with Gasteiger partial charge >= 0.3 is 0 Å². The highest BCUT2D eigenvalue weighted by Gasteiger charge is 2.41. The van der Waals surface area contributed by atoms with Crippen molar-refractivity contribution in [3.05, 3.63) is 136 Å². The van der Waals surface area contributed by atoms with E-state index >= 15 is 0 Å². The lowest BCUT2D eigenvalue weighted by molar-refractivity contribution is -0.138. The van der Waals surface area contributed by atoms with E-state index in [1.807, 2.05) is 78.7 Å². The Bertz CT molecular complexity index is 3620. The van der Waals surface area contributed by atoms with Gasteiger partial charge in [-0.15, -0.1) is 0 Å². The molecule has 1 saturated heterocycles. The number of methoxy groups -OCH3 is 2. The number of hydrogen-bond acceptors (Lipinski definition) is 19. The Balaban J connectivity index is 0.896. The van der Waals surface area contributed by atoms with Crippen LogP contribution in [0.4, 0.5) is 22.7 Å². The van der Waals surface area contributed by atoms with Crippen molar-refractivity contribution in [1.29, 1.82) is 0 Å². The predicted molar refractivity (Wildman–Crippen MR) is 354 cm³/mol. The average Bonchev–Trinajstić information content (AvgIpc) is 1.64. The summed E-state index contributed by atoms with van der Waals surface area (Å²) < 4.78 is 67.3. The number of anilines is 3. The number of nitrogens with zero attached hydrogens (tertiary/aromatic N) is 5. The topological polar surface area (TPSA) is 209 Å². The first-order chi connectivity index (χ1) is 43.4. The van der Waals surface area contributed by atoms with Crippen LogP contribution in [0.5, 0.6) is 17.2 Å². The van der Waals surface area contributed by atoms with Gasteiger partial charge in [0.15, 0.2) is 17.3 Å². The van der Waals surface area contributed by atoms with Gasteiger partial charge in [0, 0.05) is 97.5 Å². The van der Waals surface area contributed by atoms with Crippen molar-refractivity contribution in [2.75, 3.05) is 101 Å². The Kier molecular flexibility index (Phi) is 22.1. The number of fused-ring (bicyclic) bond motifs is 8. The molecule has 10 rings (SSSR count). The second kappa shape index (κ2) is 29.9. The number of Topliss-reactive ketones (excluding diaryl/α,β-unsaturated/α-hetero) is 1. The van der Waals surface area contributed by atoms with Crippen LogP contribution in [-0.4, -0.2) is 162 Å². The molecule has 5 heterocycles. The highest BCUT2D eigenvalue weighted by atomic mass is 33.1. The number of rotatable bonds is 32. The van der Waals surface area contributed by atoms with Gasteiger partial charge in [0.2, 0.25) is 11.8 Å². The largest absolute Gasteiger partial charge is 0.493 e. The summed E-state index contributed by atoms with van der Waals surface area (Å²) in [6.45, 7) is 9.42. The van der Waals surface area contributed by atoms with Gasteiger partial charge in [-0.25, -0.2) is 0 Å². The minimum atomic E-state index is -4.26. The van der Waals surface area contributed by atoms with Gasteiger partial charge in [-0.05, 0) is 141 Å². The van der Waals surface area contributed by atoms with Crippen LogP contribution in [-0.2, 0) is 75.4 Å². The zero-order valence-corrected chi connectivity index (χ0v) is 55.3. The van der Waals surface area contributed by atoms with Crippen LogP contribution >= 0.6 is 33.3 Å². The molecule has 4 amide bonds. The third-order valence-corrected chi connectivity index (χ3v) is 22.8. The maximum atomic E-state index is 14.3. The molecule has 5 aliphatic heterocycles. The van der Waals surface area contributed by atoms with Crippen molar-refractivity contribution in [3.8, 4) is 17.2 Å². The molecule has 5 aliphatic rings. The second-order valence-corrected chi connectivity index (χ2v) is 29.6. The van der Waals surface area contributed by atoms with Crippen LogP contribution in [0.3, 0.4) is 0 Å². The van der Waals surface area contributed by atoms with Crippen LogP contribution in [0, 0.1) is 6.92 Å². The number of imide groups is 1. The fraction of sp³-hybridized carbons (Fsp3) is 0.463. The Labute approximate surface area is 539 Å². The Morgan fingerprint density at radius 3 is 2.14 bits per heavy atom. The van der Waals surface area contributed by atoms with Crippen molar-refractivity contribution in [2.24, 2.45) is 4.99 Å². The first-order valence-electron chi connectivity index (χ1n) is 30.4. The van der Waals surface area contributed by atoms with Crippen LogP contribution in [0.1, 0.15) is 100 Å². The van der Waals surface area contributed by atoms with E-state index in [1.54, 1.807) is 48.3 Å². The minimum Gasteiger partial charge on any atom is -0.493 e. The molecule has 0 aromatic heterocycles. The van der Waals surface area contributed by atoms with E-state index in [2.05, 4.69) is 36.9 Å². The molecule has 5 aromatic rings. The van der Waals surface area contributed by atoms with Gasteiger partial charge in [0.25, 0.3) is 21.9 Å². The summed E-state index contributed by atoms with van der Waals surface area (Å²) in [6, 6.07) is 29.5. The van der Waals surface area contributed by atoms with Crippen LogP contribution < -0.4 is 28.9 Å². The molecule has 23 heteroatoms. The van der Waals surface area contributed by atoms with Gasteiger partial charge in [0.05, 0.1) is 69.8 Å².